The fourth-order valence-corrected chi connectivity index (χ4v) is 3.46. The van der Waals surface area contributed by atoms with Crippen molar-refractivity contribution < 1.29 is 32.6 Å². The molecule has 0 N–H and O–H groups in total. The maximum Gasteiger partial charge on any atom is 0.305 e. The van der Waals surface area contributed by atoms with Crippen molar-refractivity contribution in [2.45, 2.75) is 20.0 Å². The number of rotatable bonds is 9. The first kappa shape index (κ1) is 31.5. The van der Waals surface area contributed by atoms with E-state index in [1.165, 1.54) is 11.1 Å². The van der Waals surface area contributed by atoms with Crippen molar-refractivity contribution in [1.82, 2.24) is 0 Å². The first-order valence-corrected chi connectivity index (χ1v) is 12.3. The third-order valence-corrected chi connectivity index (χ3v) is 4.87. The van der Waals surface area contributed by atoms with E-state index in [-0.39, 0.29) is 0 Å². The van der Waals surface area contributed by atoms with E-state index in [4.69, 9.17) is 0 Å². The van der Waals surface area contributed by atoms with Gasteiger partial charge in [0.2, 0.25) is 0 Å². The summed E-state index contributed by atoms with van der Waals surface area (Å²) < 4.78 is 14.6. The molecule has 0 unspecified atom stereocenters. The highest BCUT2D eigenvalue weighted by molar-refractivity contribution is 7.43. The van der Waals surface area contributed by atoms with E-state index < -0.39 is 13.8 Å². The van der Waals surface area contributed by atoms with Gasteiger partial charge in [-0.15, -0.1) is 0 Å². The summed E-state index contributed by atoms with van der Waals surface area (Å²) in [4.78, 5) is 28.6. The Hall–Kier alpha value is -2.54. The predicted molar refractivity (Wildman–Crippen MR) is 134 cm³/mol. The van der Waals surface area contributed by atoms with Crippen molar-refractivity contribution in [3.63, 3.8) is 0 Å². The van der Waals surface area contributed by atoms with Crippen LogP contribution in [-0.4, -0.2) is 56.2 Å². The SMILES string of the molecule is C=CC[N+](C)(C)Cc1ccccc1.C=CC[N+](C)(C)Cc1ccccc1.CC(=O)OP(=O)([O-])[O-]. The fraction of sp³-hybridized carbons (Fsp3) is 0.346. The molecule has 0 saturated heterocycles. The predicted octanol–water partition coefficient (Wildman–Crippen LogP) is 3.28. The summed E-state index contributed by atoms with van der Waals surface area (Å²) in [5, 5.41) is 0. The van der Waals surface area contributed by atoms with Gasteiger partial charge < -0.3 is 27.8 Å². The zero-order valence-corrected chi connectivity index (χ0v) is 21.9. The molecule has 0 saturated carbocycles. The Labute approximate surface area is 205 Å². The zero-order chi connectivity index (χ0) is 26.3. The second-order valence-corrected chi connectivity index (χ2v) is 10.2. The highest BCUT2D eigenvalue weighted by Gasteiger charge is 2.13. The Morgan fingerprint density at radius 1 is 0.824 bits per heavy atom. The Kier molecular flexibility index (Phi) is 14.2. The average molecular weight is 491 g/mol. The van der Waals surface area contributed by atoms with Gasteiger partial charge in [-0.25, -0.2) is 0 Å². The molecule has 188 valence electrons. The maximum absolute atomic E-state index is 9.66. The molecular formula is C26H39N2O5P. The standard InChI is InChI=1S/2C12H18N.C2H5O5P/c2*1-4-10-13(2,3)11-12-8-6-5-7-9-12;1-2(3)7-8(4,5)6/h2*4-9H,1,10-11H2,2-3H3;1H3,(H2,4,5,6)/q2*+1;/p-2. The largest absolute Gasteiger partial charge is 0.780 e. The molecule has 0 spiro atoms. The highest BCUT2D eigenvalue weighted by atomic mass is 31.2. The number of phosphoric acid groups is 1. The number of hydrogen-bond donors (Lipinski definition) is 0. The van der Waals surface area contributed by atoms with Gasteiger partial charge in [0.15, 0.2) is 0 Å². The molecule has 0 amide bonds. The number of carbonyl (C=O) groups excluding carboxylic acids is 1. The molecule has 0 fully saturated rings. The van der Waals surface area contributed by atoms with Gasteiger partial charge in [0, 0.05) is 18.1 Å². The molecule has 0 aliphatic rings. The first-order valence-electron chi connectivity index (χ1n) is 10.9. The molecule has 2 aromatic carbocycles. The zero-order valence-electron chi connectivity index (χ0n) is 21.1. The number of carbonyl (C=O) groups is 1. The third-order valence-electron chi connectivity index (χ3n) is 4.39. The van der Waals surface area contributed by atoms with Gasteiger partial charge in [-0.2, -0.15) is 0 Å². The van der Waals surface area contributed by atoms with Crippen LogP contribution >= 0.6 is 7.82 Å². The van der Waals surface area contributed by atoms with Crippen LogP contribution in [0.2, 0.25) is 0 Å². The number of quaternary nitrogens is 2. The third kappa shape index (κ3) is 18.0. The van der Waals surface area contributed by atoms with Gasteiger partial charge >= 0.3 is 5.97 Å². The van der Waals surface area contributed by atoms with Crippen LogP contribution in [0.3, 0.4) is 0 Å². The maximum atomic E-state index is 9.66. The molecule has 7 nitrogen and oxygen atoms in total. The number of benzene rings is 2. The second kappa shape index (κ2) is 15.4. The van der Waals surface area contributed by atoms with Crippen LogP contribution in [0.25, 0.3) is 0 Å². The van der Waals surface area contributed by atoms with E-state index >= 15 is 0 Å². The lowest BCUT2D eigenvalue weighted by Gasteiger charge is -2.28. The first-order chi connectivity index (χ1) is 15.7. The monoisotopic (exact) mass is 490 g/mol. The fourth-order valence-electron chi connectivity index (χ4n) is 3.14. The Morgan fingerprint density at radius 3 is 1.35 bits per heavy atom. The van der Waals surface area contributed by atoms with Crippen molar-refractivity contribution in [2.24, 2.45) is 0 Å². The molecule has 0 aliphatic heterocycles. The van der Waals surface area contributed by atoms with Crippen molar-refractivity contribution in [2.75, 3.05) is 41.3 Å². The lowest BCUT2D eigenvalue weighted by Crippen LogP contribution is -2.38. The summed E-state index contributed by atoms with van der Waals surface area (Å²) in [5.74, 6) is -1.11. The van der Waals surface area contributed by atoms with Crippen LogP contribution in [0.4, 0.5) is 0 Å². The van der Waals surface area contributed by atoms with Crippen molar-refractivity contribution >= 4 is 13.8 Å². The number of nitrogens with zero attached hydrogens (tertiary/aromatic N) is 2. The van der Waals surface area contributed by atoms with E-state index in [2.05, 4.69) is 107 Å². The number of hydrogen-bond acceptors (Lipinski definition) is 5. The van der Waals surface area contributed by atoms with Crippen molar-refractivity contribution in [1.29, 1.82) is 0 Å². The molecule has 34 heavy (non-hydrogen) atoms. The van der Waals surface area contributed by atoms with E-state index in [0.29, 0.717) is 0 Å². The van der Waals surface area contributed by atoms with Gasteiger partial charge in [0.25, 0.3) is 0 Å². The van der Waals surface area contributed by atoms with Crippen LogP contribution in [0.1, 0.15) is 18.1 Å². The molecule has 2 rings (SSSR count). The Bertz CT molecular complexity index is 850. The molecule has 0 heterocycles. The van der Waals surface area contributed by atoms with Gasteiger partial charge in [0.05, 0.1) is 41.3 Å². The summed E-state index contributed by atoms with van der Waals surface area (Å²) in [6, 6.07) is 21.1. The van der Waals surface area contributed by atoms with Crippen LogP contribution < -0.4 is 9.79 Å². The second-order valence-electron chi connectivity index (χ2n) is 9.13. The molecule has 0 bridgehead atoms. The Morgan fingerprint density at radius 2 is 1.15 bits per heavy atom. The van der Waals surface area contributed by atoms with Crippen LogP contribution in [0, 0.1) is 0 Å². The van der Waals surface area contributed by atoms with Gasteiger partial charge in [-0.1, -0.05) is 73.8 Å². The van der Waals surface area contributed by atoms with E-state index in [9.17, 15) is 19.1 Å². The summed E-state index contributed by atoms with van der Waals surface area (Å²) in [7, 11) is 3.80. The average Bonchev–Trinajstić information content (AvgIpc) is 2.67. The topological polar surface area (TPSA) is 89.5 Å². The van der Waals surface area contributed by atoms with Crippen LogP contribution in [0.15, 0.2) is 86.0 Å². The highest BCUT2D eigenvalue weighted by Crippen LogP contribution is 2.23. The minimum Gasteiger partial charge on any atom is -0.780 e. The Balaban J connectivity index is 0.000000497. The van der Waals surface area contributed by atoms with Gasteiger partial charge in [-0.05, 0) is 12.2 Å². The van der Waals surface area contributed by atoms with E-state index in [0.717, 1.165) is 42.1 Å². The number of likely N-dealkylation sites (N-methyl/N-ethyl adjacent to an activating group) is 2. The van der Waals surface area contributed by atoms with Crippen molar-refractivity contribution in [3.8, 4) is 0 Å². The van der Waals surface area contributed by atoms with Crippen LogP contribution in [-0.2, 0) is 27.0 Å². The summed E-state index contributed by atoms with van der Waals surface area (Å²) in [6.45, 7) is 12.5. The molecule has 0 radical (unpaired) electrons. The summed E-state index contributed by atoms with van der Waals surface area (Å²) in [6.07, 6.45) is 3.95. The number of phosphoric ester groups is 1. The molecule has 2 aromatic rings. The molecule has 0 aromatic heterocycles. The molecule has 8 heteroatoms. The molecular weight excluding hydrogens is 451 g/mol. The normalized spacial score (nSPS) is 11.1. The minimum atomic E-state index is -5.07. The molecule has 0 aliphatic carbocycles. The lowest BCUT2D eigenvalue weighted by atomic mass is 10.2. The van der Waals surface area contributed by atoms with Crippen LogP contribution in [0.5, 0.6) is 0 Å². The van der Waals surface area contributed by atoms with E-state index in [1.54, 1.807) is 0 Å². The minimum absolute atomic E-state index is 0.836. The summed E-state index contributed by atoms with van der Waals surface area (Å²) in [5.41, 5.74) is 2.77. The van der Waals surface area contributed by atoms with E-state index in [1.807, 2.05) is 12.2 Å². The molecule has 0 atom stereocenters. The van der Waals surface area contributed by atoms with Gasteiger partial charge in [0.1, 0.15) is 20.9 Å². The quantitative estimate of drug-likeness (QED) is 0.306. The van der Waals surface area contributed by atoms with Crippen molar-refractivity contribution in [3.05, 3.63) is 97.1 Å². The van der Waals surface area contributed by atoms with Gasteiger partial charge in [-0.3, -0.25) is 4.79 Å². The summed E-state index contributed by atoms with van der Waals surface area (Å²) >= 11 is 0. The smallest absolute Gasteiger partial charge is 0.305 e. The lowest BCUT2D eigenvalue weighted by molar-refractivity contribution is -0.897.